The summed E-state index contributed by atoms with van der Waals surface area (Å²) >= 11 is 0. The molecule has 1 aromatic heterocycles. The monoisotopic (exact) mass is 301 g/mol. The third-order valence-electron chi connectivity index (χ3n) is 3.84. The van der Waals surface area contributed by atoms with Crippen LogP contribution in [0.4, 0.5) is 5.69 Å². The van der Waals surface area contributed by atoms with Gasteiger partial charge in [0.05, 0.1) is 22.0 Å². The van der Waals surface area contributed by atoms with Gasteiger partial charge in [-0.3, -0.25) is 14.9 Å². The highest BCUT2D eigenvalue weighted by Crippen LogP contribution is 2.23. The van der Waals surface area contributed by atoms with Gasteiger partial charge in [-0.15, -0.1) is 0 Å². The number of carbonyl (C=O) groups excluding carboxylic acids is 1. The molecule has 0 fully saturated rings. The second-order valence-electron chi connectivity index (χ2n) is 5.27. The topological polar surface area (TPSA) is 93.6 Å². The molecule has 22 heavy (non-hydrogen) atoms. The number of rotatable bonds is 3. The molecule has 1 unspecified atom stereocenters. The Morgan fingerprint density at radius 3 is 2.95 bits per heavy atom. The van der Waals surface area contributed by atoms with Crippen molar-refractivity contribution in [3.63, 3.8) is 0 Å². The van der Waals surface area contributed by atoms with Crippen LogP contribution < -0.4 is 0 Å². The van der Waals surface area contributed by atoms with E-state index in [0.29, 0.717) is 23.9 Å². The molecule has 0 spiro atoms. The minimum Gasteiger partial charge on any atom is -0.331 e. The summed E-state index contributed by atoms with van der Waals surface area (Å²) in [4.78, 5) is 26.5. The first-order valence-electron chi connectivity index (χ1n) is 6.89. The third-order valence-corrected chi connectivity index (χ3v) is 3.84. The number of aryl methyl sites for hydroxylation is 1. The second kappa shape index (κ2) is 5.21. The molecule has 1 amide bonds. The largest absolute Gasteiger partial charge is 0.331 e. The van der Waals surface area contributed by atoms with Gasteiger partial charge in [0.1, 0.15) is 5.82 Å². The molecule has 1 atom stereocenters. The number of benzene rings is 1. The van der Waals surface area contributed by atoms with Crippen LogP contribution in [0.15, 0.2) is 23.3 Å². The molecule has 0 saturated heterocycles. The standard InChI is InChI=1S/C14H15N5O3/c1-9(20)18-10(5-6-15-18)8-14-16-12-4-3-11(19(21)22)7-13(12)17(14)2/h3-4,6-7,10H,5,8H2,1-2H3. The van der Waals surface area contributed by atoms with E-state index in [2.05, 4.69) is 10.1 Å². The molecular formula is C14H15N5O3. The molecule has 2 aromatic rings. The Kier molecular flexibility index (Phi) is 3.36. The number of hydrogen-bond acceptors (Lipinski definition) is 5. The van der Waals surface area contributed by atoms with E-state index < -0.39 is 4.92 Å². The number of amides is 1. The maximum Gasteiger partial charge on any atom is 0.271 e. The lowest BCUT2D eigenvalue weighted by molar-refractivity contribution is -0.384. The highest BCUT2D eigenvalue weighted by Gasteiger charge is 2.26. The van der Waals surface area contributed by atoms with Crippen molar-refractivity contribution >= 4 is 28.8 Å². The fraction of sp³-hybridized carbons (Fsp3) is 0.357. The molecule has 1 aliphatic rings. The summed E-state index contributed by atoms with van der Waals surface area (Å²) in [6.07, 6.45) is 2.96. The molecule has 8 nitrogen and oxygen atoms in total. The number of nitrogens with zero attached hydrogens (tertiary/aromatic N) is 5. The zero-order valence-electron chi connectivity index (χ0n) is 12.3. The molecule has 0 aliphatic carbocycles. The van der Waals surface area contributed by atoms with Gasteiger partial charge in [0, 0.05) is 45.2 Å². The van der Waals surface area contributed by atoms with Gasteiger partial charge in [0.25, 0.3) is 5.69 Å². The van der Waals surface area contributed by atoms with Crippen LogP contribution in [0.5, 0.6) is 0 Å². The number of non-ortho nitro benzene ring substituents is 1. The lowest BCUT2D eigenvalue weighted by Crippen LogP contribution is -2.33. The average molecular weight is 301 g/mol. The molecule has 3 rings (SSSR count). The summed E-state index contributed by atoms with van der Waals surface area (Å²) in [6.45, 7) is 1.48. The van der Waals surface area contributed by atoms with E-state index >= 15 is 0 Å². The SMILES string of the molecule is CC(=O)N1N=CCC1Cc1nc2ccc([N+](=O)[O-])cc2n1C. The van der Waals surface area contributed by atoms with Crippen molar-refractivity contribution < 1.29 is 9.72 Å². The van der Waals surface area contributed by atoms with E-state index in [1.807, 2.05) is 11.6 Å². The van der Waals surface area contributed by atoms with Gasteiger partial charge < -0.3 is 4.57 Å². The Morgan fingerprint density at radius 1 is 1.50 bits per heavy atom. The van der Waals surface area contributed by atoms with Gasteiger partial charge in [-0.2, -0.15) is 5.10 Å². The normalized spacial score (nSPS) is 17.4. The van der Waals surface area contributed by atoms with Crippen molar-refractivity contribution in [1.82, 2.24) is 14.6 Å². The average Bonchev–Trinajstić information content (AvgIpc) is 3.05. The van der Waals surface area contributed by atoms with Crippen molar-refractivity contribution in [2.75, 3.05) is 0 Å². The Bertz CT molecular complexity index is 795. The lowest BCUT2D eigenvalue weighted by Gasteiger charge is -2.19. The Morgan fingerprint density at radius 2 is 2.27 bits per heavy atom. The number of fused-ring (bicyclic) bond motifs is 1. The highest BCUT2D eigenvalue weighted by molar-refractivity contribution is 5.79. The number of nitro groups is 1. The maximum atomic E-state index is 11.5. The molecule has 8 heteroatoms. The van der Waals surface area contributed by atoms with Gasteiger partial charge in [-0.1, -0.05) is 0 Å². The molecule has 1 aliphatic heterocycles. The Hall–Kier alpha value is -2.77. The first kappa shape index (κ1) is 14.2. The molecule has 0 radical (unpaired) electrons. The molecule has 0 N–H and O–H groups in total. The number of hydrazone groups is 1. The number of carbonyl (C=O) groups is 1. The van der Waals surface area contributed by atoms with Gasteiger partial charge in [-0.25, -0.2) is 9.99 Å². The predicted octanol–water partition coefficient (Wildman–Crippen LogP) is 1.63. The zero-order chi connectivity index (χ0) is 15.9. The first-order chi connectivity index (χ1) is 10.5. The van der Waals surface area contributed by atoms with Crippen molar-refractivity contribution in [3.8, 4) is 0 Å². The van der Waals surface area contributed by atoms with Gasteiger partial charge in [0.15, 0.2) is 0 Å². The van der Waals surface area contributed by atoms with Crippen LogP contribution in [0.3, 0.4) is 0 Å². The van der Waals surface area contributed by atoms with Crippen molar-refractivity contribution in [2.24, 2.45) is 12.1 Å². The summed E-state index contributed by atoms with van der Waals surface area (Å²) < 4.78 is 1.83. The quantitative estimate of drug-likeness (QED) is 0.636. The zero-order valence-corrected chi connectivity index (χ0v) is 12.3. The summed E-state index contributed by atoms with van der Waals surface area (Å²) in [7, 11) is 1.82. The summed E-state index contributed by atoms with van der Waals surface area (Å²) in [5.74, 6) is 0.672. The molecule has 0 bridgehead atoms. The van der Waals surface area contributed by atoms with Crippen molar-refractivity contribution in [3.05, 3.63) is 34.1 Å². The van der Waals surface area contributed by atoms with E-state index in [9.17, 15) is 14.9 Å². The molecular weight excluding hydrogens is 286 g/mol. The van der Waals surface area contributed by atoms with Gasteiger partial charge >= 0.3 is 0 Å². The van der Waals surface area contributed by atoms with E-state index in [4.69, 9.17) is 0 Å². The second-order valence-corrected chi connectivity index (χ2v) is 5.27. The Balaban J connectivity index is 1.93. The minimum absolute atomic E-state index is 0.0385. The smallest absolute Gasteiger partial charge is 0.271 e. The van der Waals surface area contributed by atoms with Crippen LogP contribution in [0.2, 0.25) is 0 Å². The van der Waals surface area contributed by atoms with Gasteiger partial charge in [-0.05, 0) is 6.07 Å². The minimum atomic E-state index is -0.422. The molecule has 0 saturated carbocycles. The van der Waals surface area contributed by atoms with E-state index in [0.717, 1.165) is 5.82 Å². The van der Waals surface area contributed by atoms with E-state index in [1.54, 1.807) is 12.3 Å². The van der Waals surface area contributed by atoms with Crippen LogP contribution in [0, 0.1) is 10.1 Å². The summed E-state index contributed by atoms with van der Waals surface area (Å²) in [5, 5.41) is 16.4. The third kappa shape index (κ3) is 2.32. The lowest BCUT2D eigenvalue weighted by atomic mass is 10.1. The molecule has 114 valence electrons. The van der Waals surface area contributed by atoms with Crippen LogP contribution in [-0.4, -0.2) is 37.6 Å². The number of imidazole rings is 1. The van der Waals surface area contributed by atoms with Crippen molar-refractivity contribution in [1.29, 1.82) is 0 Å². The van der Waals surface area contributed by atoms with Crippen LogP contribution in [0.1, 0.15) is 19.2 Å². The van der Waals surface area contributed by atoms with Crippen LogP contribution >= 0.6 is 0 Å². The van der Waals surface area contributed by atoms with Crippen LogP contribution in [-0.2, 0) is 18.3 Å². The molecule has 2 heterocycles. The molecule has 1 aromatic carbocycles. The predicted molar refractivity (Wildman–Crippen MR) is 80.5 cm³/mol. The van der Waals surface area contributed by atoms with Crippen molar-refractivity contribution in [2.45, 2.75) is 25.8 Å². The van der Waals surface area contributed by atoms with Gasteiger partial charge in [0.2, 0.25) is 5.91 Å². The number of aromatic nitrogens is 2. The Labute approximate surface area is 126 Å². The number of nitro benzene ring substituents is 1. The van der Waals surface area contributed by atoms with E-state index in [1.165, 1.54) is 24.1 Å². The fourth-order valence-electron chi connectivity index (χ4n) is 2.69. The van der Waals surface area contributed by atoms with Crippen LogP contribution in [0.25, 0.3) is 11.0 Å². The summed E-state index contributed by atoms with van der Waals surface area (Å²) in [6, 6.07) is 4.55. The first-order valence-corrected chi connectivity index (χ1v) is 6.89. The highest BCUT2D eigenvalue weighted by atomic mass is 16.6. The maximum absolute atomic E-state index is 11.5. The number of hydrogen-bond donors (Lipinski definition) is 0. The summed E-state index contributed by atoms with van der Waals surface area (Å²) in [5.41, 5.74) is 1.45. The fourth-order valence-corrected chi connectivity index (χ4v) is 2.69. The van der Waals surface area contributed by atoms with E-state index in [-0.39, 0.29) is 17.6 Å².